The van der Waals surface area contributed by atoms with E-state index in [0.717, 1.165) is 29.3 Å². The molecule has 6 heteroatoms. The van der Waals surface area contributed by atoms with Crippen LogP contribution in [0.4, 0.5) is 0 Å². The van der Waals surface area contributed by atoms with Crippen LogP contribution in [0.5, 0.6) is 0 Å². The Morgan fingerprint density at radius 3 is 2.70 bits per heavy atom. The number of fused-ring (bicyclic) bond motifs is 1. The van der Waals surface area contributed by atoms with Crippen molar-refractivity contribution in [3.8, 4) is 0 Å². The van der Waals surface area contributed by atoms with Gasteiger partial charge in [0.2, 0.25) is 0 Å². The molecule has 0 saturated carbocycles. The highest BCUT2D eigenvalue weighted by atomic mass is 16.6. The summed E-state index contributed by atoms with van der Waals surface area (Å²) >= 11 is 0. The van der Waals surface area contributed by atoms with E-state index < -0.39 is 22.9 Å². The van der Waals surface area contributed by atoms with Crippen molar-refractivity contribution in [2.24, 2.45) is 7.05 Å². The Morgan fingerprint density at radius 1 is 1.39 bits per heavy atom. The van der Waals surface area contributed by atoms with Crippen LogP contribution < -0.4 is 0 Å². The van der Waals surface area contributed by atoms with Gasteiger partial charge in [-0.15, -0.1) is 0 Å². The molecule has 23 heavy (non-hydrogen) atoms. The summed E-state index contributed by atoms with van der Waals surface area (Å²) in [4.78, 5) is 23.0. The molecule has 2 rings (SSSR count). The fourth-order valence-electron chi connectivity index (χ4n) is 3.09. The van der Waals surface area contributed by atoms with Gasteiger partial charge < -0.3 is 9.30 Å². The quantitative estimate of drug-likeness (QED) is 0.446. The van der Waals surface area contributed by atoms with Crippen LogP contribution in [0.3, 0.4) is 0 Å². The molecule has 6 nitrogen and oxygen atoms in total. The minimum Gasteiger partial charge on any atom is -0.464 e. The third-order valence-electron chi connectivity index (χ3n) is 4.25. The van der Waals surface area contributed by atoms with Crippen LogP contribution >= 0.6 is 0 Å². The lowest BCUT2D eigenvalue weighted by molar-refractivity contribution is -0.514. The molecule has 1 heterocycles. The largest absolute Gasteiger partial charge is 0.464 e. The van der Waals surface area contributed by atoms with Gasteiger partial charge in [-0.3, -0.25) is 10.1 Å². The number of ether oxygens (including phenoxy) is 1. The molecule has 0 radical (unpaired) electrons. The Hall–Kier alpha value is -2.37. The van der Waals surface area contributed by atoms with Crippen molar-refractivity contribution in [2.75, 3.05) is 7.11 Å². The predicted octanol–water partition coefficient (Wildman–Crippen LogP) is 3.27. The number of nitrogens with zero attached hydrogens (tertiary/aromatic N) is 2. The van der Waals surface area contributed by atoms with Crippen LogP contribution in [-0.4, -0.2) is 28.6 Å². The Morgan fingerprint density at radius 2 is 2.09 bits per heavy atom. The van der Waals surface area contributed by atoms with Gasteiger partial charge in [0.15, 0.2) is 0 Å². The van der Waals surface area contributed by atoms with Crippen LogP contribution in [0.2, 0.25) is 0 Å². The monoisotopic (exact) mass is 318 g/mol. The van der Waals surface area contributed by atoms with Crippen LogP contribution in [0.15, 0.2) is 30.5 Å². The molecule has 2 atom stereocenters. The van der Waals surface area contributed by atoms with E-state index in [1.54, 1.807) is 0 Å². The van der Waals surface area contributed by atoms with Gasteiger partial charge in [0.1, 0.15) is 0 Å². The zero-order chi connectivity index (χ0) is 17.0. The second-order valence-electron chi connectivity index (χ2n) is 5.71. The van der Waals surface area contributed by atoms with E-state index in [9.17, 15) is 14.9 Å². The van der Waals surface area contributed by atoms with Crippen molar-refractivity contribution in [3.05, 3.63) is 46.1 Å². The summed E-state index contributed by atoms with van der Waals surface area (Å²) in [6, 6.07) is 6.37. The molecule has 0 saturated heterocycles. The Kier molecular flexibility index (Phi) is 5.36. The van der Waals surface area contributed by atoms with E-state index in [1.807, 2.05) is 49.0 Å². The Balaban J connectivity index is 2.56. The molecule has 0 aliphatic rings. The molecule has 0 aliphatic heterocycles. The number of esters is 1. The van der Waals surface area contributed by atoms with Crippen LogP contribution in [0, 0.1) is 10.1 Å². The van der Waals surface area contributed by atoms with Gasteiger partial charge in [0.25, 0.3) is 0 Å². The van der Waals surface area contributed by atoms with Crippen molar-refractivity contribution in [1.29, 1.82) is 0 Å². The molecule has 0 spiro atoms. The highest BCUT2D eigenvalue weighted by Crippen LogP contribution is 2.34. The number of para-hydroxylation sites is 1. The van der Waals surface area contributed by atoms with Crippen molar-refractivity contribution >= 4 is 16.9 Å². The lowest BCUT2D eigenvalue weighted by atomic mass is 9.87. The first-order chi connectivity index (χ1) is 11.0. The zero-order valence-corrected chi connectivity index (χ0v) is 13.7. The fraction of sp³-hybridized carbons (Fsp3) is 0.471. The van der Waals surface area contributed by atoms with Gasteiger partial charge in [-0.1, -0.05) is 38.0 Å². The number of rotatable bonds is 7. The second kappa shape index (κ2) is 7.26. The highest BCUT2D eigenvalue weighted by Gasteiger charge is 2.41. The summed E-state index contributed by atoms with van der Waals surface area (Å²) in [6.07, 6.45) is 4.19. The Labute approximate surface area is 135 Å². The summed E-state index contributed by atoms with van der Waals surface area (Å²) in [5.41, 5.74) is 1.83. The molecule has 124 valence electrons. The molecule has 2 aromatic rings. The summed E-state index contributed by atoms with van der Waals surface area (Å²) in [7, 11) is 3.10. The first-order valence-corrected chi connectivity index (χ1v) is 7.76. The number of aromatic nitrogens is 1. The standard InChI is InChI=1S/C17H22N2O4/c1-4-5-8-13(16(19(21)22)17(20)23-3)14-11-18(2)15-10-7-6-9-12(14)15/h6-7,9-11,13,16H,4-5,8H2,1-3H3. The summed E-state index contributed by atoms with van der Waals surface area (Å²) in [6.45, 7) is 2.03. The number of hydrogen-bond donors (Lipinski definition) is 0. The molecule has 0 amide bonds. The molecular formula is C17H22N2O4. The molecule has 0 fully saturated rings. The predicted molar refractivity (Wildman–Crippen MR) is 88.0 cm³/mol. The number of carbonyl (C=O) groups excluding carboxylic acids is 1. The SMILES string of the molecule is CCCCC(c1cn(C)c2ccccc12)C(C(=O)OC)[N+](=O)[O-]. The second-order valence-corrected chi connectivity index (χ2v) is 5.71. The van der Waals surface area contributed by atoms with Crippen molar-refractivity contribution in [3.63, 3.8) is 0 Å². The summed E-state index contributed by atoms with van der Waals surface area (Å²) in [5, 5.41) is 12.5. The van der Waals surface area contributed by atoms with Gasteiger partial charge in [0, 0.05) is 29.1 Å². The number of benzene rings is 1. The van der Waals surface area contributed by atoms with E-state index in [4.69, 9.17) is 0 Å². The number of aryl methyl sites for hydroxylation is 1. The maximum Gasteiger partial charge on any atom is 0.382 e. The molecule has 1 aromatic heterocycles. The fourth-order valence-corrected chi connectivity index (χ4v) is 3.09. The van der Waals surface area contributed by atoms with Gasteiger partial charge in [-0.05, 0) is 18.1 Å². The number of methoxy groups -OCH3 is 1. The van der Waals surface area contributed by atoms with Crippen molar-refractivity contribution in [2.45, 2.75) is 38.1 Å². The molecule has 0 bridgehead atoms. The third-order valence-corrected chi connectivity index (χ3v) is 4.25. The van der Waals surface area contributed by atoms with Gasteiger partial charge in [-0.2, -0.15) is 0 Å². The van der Waals surface area contributed by atoms with Crippen LogP contribution in [-0.2, 0) is 16.6 Å². The first kappa shape index (κ1) is 17.0. The number of nitro groups is 1. The topological polar surface area (TPSA) is 74.4 Å². The number of unbranched alkanes of at least 4 members (excludes halogenated alkanes) is 1. The average Bonchev–Trinajstić information content (AvgIpc) is 2.87. The lowest BCUT2D eigenvalue weighted by Crippen LogP contribution is -2.36. The normalized spacial score (nSPS) is 13.7. The minimum atomic E-state index is -1.38. The van der Waals surface area contributed by atoms with Crippen molar-refractivity contribution in [1.82, 2.24) is 4.57 Å². The third kappa shape index (κ3) is 3.36. The lowest BCUT2D eigenvalue weighted by Gasteiger charge is -2.19. The van der Waals surface area contributed by atoms with Crippen LogP contribution in [0.25, 0.3) is 10.9 Å². The van der Waals surface area contributed by atoms with Gasteiger partial charge in [0.05, 0.1) is 13.0 Å². The molecule has 0 N–H and O–H groups in total. The van der Waals surface area contributed by atoms with Crippen molar-refractivity contribution < 1.29 is 14.5 Å². The van der Waals surface area contributed by atoms with E-state index in [1.165, 1.54) is 7.11 Å². The summed E-state index contributed by atoms with van der Waals surface area (Å²) < 4.78 is 6.63. The van der Waals surface area contributed by atoms with E-state index in [2.05, 4.69) is 4.74 Å². The summed E-state index contributed by atoms with van der Waals surface area (Å²) in [5.74, 6) is -1.28. The highest BCUT2D eigenvalue weighted by molar-refractivity contribution is 5.86. The average molecular weight is 318 g/mol. The Bertz CT molecular complexity index is 708. The smallest absolute Gasteiger partial charge is 0.382 e. The first-order valence-electron chi connectivity index (χ1n) is 7.76. The maximum atomic E-state index is 12.0. The molecular weight excluding hydrogens is 296 g/mol. The molecule has 2 unspecified atom stereocenters. The zero-order valence-electron chi connectivity index (χ0n) is 13.7. The maximum absolute atomic E-state index is 12.0. The molecule has 1 aromatic carbocycles. The van der Waals surface area contributed by atoms with E-state index >= 15 is 0 Å². The van der Waals surface area contributed by atoms with Crippen LogP contribution in [0.1, 0.15) is 37.7 Å². The number of hydrogen-bond acceptors (Lipinski definition) is 4. The van der Waals surface area contributed by atoms with E-state index in [0.29, 0.717) is 6.42 Å². The minimum absolute atomic E-state index is 0.497. The number of carbonyl (C=O) groups is 1. The van der Waals surface area contributed by atoms with Gasteiger partial charge >= 0.3 is 12.0 Å². The van der Waals surface area contributed by atoms with Gasteiger partial charge in [-0.25, -0.2) is 4.79 Å². The molecule has 0 aliphatic carbocycles. The van der Waals surface area contributed by atoms with E-state index in [-0.39, 0.29) is 0 Å².